The average molecular weight is 262 g/mol. The Balaban J connectivity index is 2.53. The maximum absolute atomic E-state index is 11.4. The van der Waals surface area contributed by atoms with E-state index in [2.05, 4.69) is 5.32 Å². The van der Waals surface area contributed by atoms with Gasteiger partial charge in [0.2, 0.25) is 0 Å². The lowest BCUT2D eigenvalue weighted by atomic mass is 10.1. The number of nitriles is 1. The normalized spacial score (nSPS) is 12.4. The van der Waals surface area contributed by atoms with Crippen LogP contribution in [0.5, 0.6) is 0 Å². The molecule has 0 saturated carbocycles. The van der Waals surface area contributed by atoms with Gasteiger partial charge in [-0.3, -0.25) is 5.32 Å². The van der Waals surface area contributed by atoms with Crippen LogP contribution in [-0.2, 0) is 11.2 Å². The molecule has 0 aromatic heterocycles. The number of carbonyl (C=O) groups excluding carboxylic acids is 1. The summed E-state index contributed by atoms with van der Waals surface area (Å²) in [7, 11) is 0. The van der Waals surface area contributed by atoms with Crippen LogP contribution in [0, 0.1) is 11.3 Å². The molecule has 1 aromatic carbocycles. The van der Waals surface area contributed by atoms with Crippen molar-refractivity contribution in [3.63, 3.8) is 0 Å². The first-order valence-electron chi connectivity index (χ1n) is 5.97. The van der Waals surface area contributed by atoms with E-state index in [1.165, 1.54) is 0 Å². The number of aliphatic hydroxyl groups excluding tert-OH is 1. The summed E-state index contributed by atoms with van der Waals surface area (Å²) in [6.45, 7) is 5.24. The first-order chi connectivity index (χ1) is 8.80. The Morgan fingerprint density at radius 2 is 2.21 bits per heavy atom. The van der Waals surface area contributed by atoms with Crippen LogP contribution in [0.15, 0.2) is 24.3 Å². The van der Waals surface area contributed by atoms with Crippen molar-refractivity contribution >= 4 is 6.09 Å². The zero-order chi connectivity index (χ0) is 14.5. The topological polar surface area (TPSA) is 82.3 Å². The van der Waals surface area contributed by atoms with Crippen LogP contribution >= 0.6 is 0 Å². The molecule has 0 aliphatic rings. The molecule has 1 amide bonds. The molecule has 19 heavy (non-hydrogen) atoms. The fourth-order valence-corrected chi connectivity index (χ4v) is 1.49. The average Bonchev–Trinajstić information content (AvgIpc) is 2.26. The molecular weight excluding hydrogens is 244 g/mol. The van der Waals surface area contributed by atoms with E-state index >= 15 is 0 Å². The molecule has 0 bridgehead atoms. The van der Waals surface area contributed by atoms with Gasteiger partial charge in [0, 0.05) is 6.42 Å². The van der Waals surface area contributed by atoms with E-state index in [-0.39, 0.29) is 6.42 Å². The van der Waals surface area contributed by atoms with Crippen molar-refractivity contribution < 1.29 is 14.6 Å². The van der Waals surface area contributed by atoms with Crippen LogP contribution in [0.1, 0.15) is 31.9 Å². The molecule has 0 saturated heterocycles. The Morgan fingerprint density at radius 1 is 1.53 bits per heavy atom. The molecule has 1 rings (SSSR count). The zero-order valence-electron chi connectivity index (χ0n) is 11.3. The smallest absolute Gasteiger partial charge is 0.409 e. The third kappa shape index (κ3) is 5.89. The second-order valence-electron chi connectivity index (χ2n) is 5.18. The zero-order valence-corrected chi connectivity index (χ0v) is 11.3. The number of aliphatic hydroxyl groups is 1. The number of nitrogens with one attached hydrogen (secondary N) is 1. The molecule has 0 radical (unpaired) electrons. The van der Waals surface area contributed by atoms with Crippen LogP contribution in [0.4, 0.5) is 4.79 Å². The summed E-state index contributed by atoms with van der Waals surface area (Å²) >= 11 is 0. The first kappa shape index (κ1) is 15.0. The van der Waals surface area contributed by atoms with Crippen molar-refractivity contribution in [2.45, 2.75) is 39.0 Å². The molecule has 5 heteroatoms. The first-order valence-corrected chi connectivity index (χ1v) is 5.97. The molecule has 2 N–H and O–H groups in total. The van der Waals surface area contributed by atoms with E-state index in [1.807, 2.05) is 6.07 Å². The molecule has 0 heterocycles. The van der Waals surface area contributed by atoms with Gasteiger partial charge in [-0.05, 0) is 38.5 Å². The van der Waals surface area contributed by atoms with E-state index in [1.54, 1.807) is 45.0 Å². The van der Waals surface area contributed by atoms with Crippen LogP contribution in [-0.4, -0.2) is 23.0 Å². The standard InChI is InChI=1S/C14H18N2O3/c1-14(2,3)19-13(18)16-12(17)8-10-5-4-6-11(7-10)9-15/h4-7,12,17H,8H2,1-3H3,(H,16,18). The van der Waals surface area contributed by atoms with Gasteiger partial charge in [0.1, 0.15) is 11.8 Å². The van der Waals surface area contributed by atoms with E-state index in [0.717, 1.165) is 5.56 Å². The van der Waals surface area contributed by atoms with Gasteiger partial charge in [0.15, 0.2) is 0 Å². The molecule has 0 fully saturated rings. The quantitative estimate of drug-likeness (QED) is 0.815. The van der Waals surface area contributed by atoms with Gasteiger partial charge in [-0.25, -0.2) is 4.79 Å². The number of hydrogen-bond donors (Lipinski definition) is 2. The summed E-state index contributed by atoms with van der Waals surface area (Å²) in [5.74, 6) is 0. The molecule has 1 atom stereocenters. The molecule has 5 nitrogen and oxygen atoms in total. The van der Waals surface area contributed by atoms with Crippen molar-refractivity contribution in [1.29, 1.82) is 5.26 Å². The summed E-state index contributed by atoms with van der Waals surface area (Å²) in [6, 6.07) is 8.87. The Labute approximate surface area is 112 Å². The Bertz CT molecular complexity index is 486. The molecule has 0 aliphatic carbocycles. The number of ether oxygens (including phenoxy) is 1. The lowest BCUT2D eigenvalue weighted by Crippen LogP contribution is -2.40. The maximum Gasteiger partial charge on any atom is 0.409 e. The Kier molecular flexibility index (Phi) is 4.90. The fraction of sp³-hybridized carbons (Fsp3) is 0.429. The number of nitrogens with zero attached hydrogens (tertiary/aromatic N) is 1. The van der Waals surface area contributed by atoms with Crippen molar-refractivity contribution in [3.05, 3.63) is 35.4 Å². The molecule has 0 spiro atoms. The molecule has 0 aliphatic heterocycles. The number of carbonyl (C=O) groups is 1. The van der Waals surface area contributed by atoms with E-state index < -0.39 is 17.9 Å². The van der Waals surface area contributed by atoms with Crippen LogP contribution in [0.2, 0.25) is 0 Å². The number of alkyl carbamates (subject to hydrolysis) is 1. The lowest BCUT2D eigenvalue weighted by Gasteiger charge is -2.21. The molecule has 1 aromatic rings. The summed E-state index contributed by atoms with van der Waals surface area (Å²) in [6.07, 6.45) is -1.50. The highest BCUT2D eigenvalue weighted by Crippen LogP contribution is 2.08. The highest BCUT2D eigenvalue weighted by molar-refractivity contribution is 5.67. The Morgan fingerprint density at radius 3 is 2.79 bits per heavy atom. The number of rotatable bonds is 3. The lowest BCUT2D eigenvalue weighted by molar-refractivity contribution is 0.0360. The third-order valence-corrected chi connectivity index (χ3v) is 2.17. The van der Waals surface area contributed by atoms with Crippen molar-refractivity contribution in [2.24, 2.45) is 0 Å². The van der Waals surface area contributed by atoms with Crippen molar-refractivity contribution in [1.82, 2.24) is 5.32 Å². The van der Waals surface area contributed by atoms with Gasteiger partial charge in [0.05, 0.1) is 11.6 Å². The largest absolute Gasteiger partial charge is 0.444 e. The van der Waals surface area contributed by atoms with Gasteiger partial charge >= 0.3 is 6.09 Å². The Hall–Kier alpha value is -2.06. The van der Waals surface area contributed by atoms with E-state index in [4.69, 9.17) is 10.00 Å². The minimum absolute atomic E-state index is 0.217. The molecule has 102 valence electrons. The third-order valence-electron chi connectivity index (χ3n) is 2.17. The predicted molar refractivity (Wildman–Crippen MR) is 70.2 cm³/mol. The van der Waals surface area contributed by atoms with Gasteiger partial charge in [-0.1, -0.05) is 12.1 Å². The minimum atomic E-state index is -1.05. The monoisotopic (exact) mass is 262 g/mol. The summed E-state index contributed by atoms with van der Waals surface area (Å²) in [4.78, 5) is 11.4. The van der Waals surface area contributed by atoms with Crippen LogP contribution in [0.25, 0.3) is 0 Å². The highest BCUT2D eigenvalue weighted by atomic mass is 16.6. The van der Waals surface area contributed by atoms with Crippen molar-refractivity contribution in [3.8, 4) is 6.07 Å². The fourth-order valence-electron chi connectivity index (χ4n) is 1.49. The number of amides is 1. The molecular formula is C14H18N2O3. The predicted octanol–water partition coefficient (Wildman–Crippen LogP) is 1.94. The van der Waals surface area contributed by atoms with Gasteiger partial charge in [-0.15, -0.1) is 0 Å². The summed E-state index contributed by atoms with van der Waals surface area (Å²) in [5.41, 5.74) is 0.675. The van der Waals surface area contributed by atoms with E-state index in [9.17, 15) is 9.90 Å². The molecule has 1 unspecified atom stereocenters. The van der Waals surface area contributed by atoms with Gasteiger partial charge in [-0.2, -0.15) is 5.26 Å². The summed E-state index contributed by atoms with van der Waals surface area (Å²) < 4.78 is 5.03. The second-order valence-corrected chi connectivity index (χ2v) is 5.18. The van der Waals surface area contributed by atoms with Crippen molar-refractivity contribution in [2.75, 3.05) is 0 Å². The minimum Gasteiger partial charge on any atom is -0.444 e. The highest BCUT2D eigenvalue weighted by Gasteiger charge is 2.18. The van der Waals surface area contributed by atoms with Crippen LogP contribution < -0.4 is 5.32 Å². The van der Waals surface area contributed by atoms with Gasteiger partial charge in [0.25, 0.3) is 0 Å². The number of hydrogen-bond acceptors (Lipinski definition) is 4. The summed E-state index contributed by atoms with van der Waals surface area (Å²) in [5, 5.41) is 20.8. The van der Waals surface area contributed by atoms with Crippen LogP contribution in [0.3, 0.4) is 0 Å². The number of benzene rings is 1. The van der Waals surface area contributed by atoms with E-state index in [0.29, 0.717) is 5.56 Å². The SMILES string of the molecule is CC(C)(C)OC(=O)NC(O)Cc1cccc(C#N)c1. The maximum atomic E-state index is 11.4. The second kappa shape index (κ2) is 6.21. The van der Waals surface area contributed by atoms with Gasteiger partial charge < -0.3 is 9.84 Å².